The number of rotatable bonds is 5. The number of nitrogens with zero attached hydrogens (tertiary/aromatic N) is 1. The van der Waals surface area contributed by atoms with E-state index in [9.17, 15) is 0 Å². The van der Waals surface area contributed by atoms with Crippen LogP contribution in [0.15, 0.2) is 0 Å². The van der Waals surface area contributed by atoms with Crippen molar-refractivity contribution in [3.05, 3.63) is 15.6 Å². The fourth-order valence-corrected chi connectivity index (χ4v) is 2.46. The van der Waals surface area contributed by atoms with Crippen LogP contribution >= 0.6 is 11.3 Å². The largest absolute Gasteiger partial charge is 0.378 e. The number of methoxy groups -OCH3 is 1. The second-order valence-corrected chi connectivity index (χ2v) is 4.51. The Morgan fingerprint density at radius 2 is 2.29 bits per heavy atom. The molecule has 1 aromatic heterocycles. The molecule has 0 spiro atoms. The van der Waals surface area contributed by atoms with Gasteiger partial charge >= 0.3 is 0 Å². The highest BCUT2D eigenvalue weighted by atomic mass is 32.1. The number of hydrogen-bond acceptors (Lipinski definition) is 4. The van der Waals surface area contributed by atoms with Crippen LogP contribution in [0, 0.1) is 0 Å². The van der Waals surface area contributed by atoms with Gasteiger partial charge in [-0.1, -0.05) is 6.92 Å². The summed E-state index contributed by atoms with van der Waals surface area (Å²) in [4.78, 5) is 5.69. The second kappa shape index (κ2) is 5.44. The van der Waals surface area contributed by atoms with Gasteiger partial charge in [0, 0.05) is 18.0 Å². The minimum absolute atomic E-state index is 0.0586. The molecule has 0 saturated carbocycles. The van der Waals surface area contributed by atoms with E-state index in [0.29, 0.717) is 6.61 Å². The van der Waals surface area contributed by atoms with Crippen LogP contribution < -0.4 is 5.73 Å². The molecule has 4 heteroatoms. The maximum Gasteiger partial charge on any atom is 0.0932 e. The molecule has 0 fully saturated rings. The highest BCUT2D eigenvalue weighted by Gasteiger charge is 2.13. The van der Waals surface area contributed by atoms with Crippen molar-refractivity contribution in [1.29, 1.82) is 0 Å². The maximum absolute atomic E-state index is 5.87. The Balaban J connectivity index is 2.87. The van der Waals surface area contributed by atoms with Gasteiger partial charge in [-0.05, 0) is 19.8 Å². The third-order valence-corrected chi connectivity index (χ3v) is 3.29. The average Bonchev–Trinajstić information content (AvgIpc) is 2.49. The maximum atomic E-state index is 5.87. The molecule has 0 aliphatic rings. The molecule has 0 aromatic carbocycles. The molecule has 0 aliphatic carbocycles. The molecule has 3 nitrogen and oxygen atoms in total. The van der Waals surface area contributed by atoms with E-state index in [2.05, 4.69) is 11.9 Å². The quantitative estimate of drug-likeness (QED) is 0.818. The van der Waals surface area contributed by atoms with Crippen molar-refractivity contribution in [3.8, 4) is 0 Å². The van der Waals surface area contributed by atoms with Crippen LogP contribution in [0.5, 0.6) is 0 Å². The number of thiazole rings is 1. The highest BCUT2D eigenvalue weighted by molar-refractivity contribution is 7.11. The van der Waals surface area contributed by atoms with Gasteiger partial charge < -0.3 is 10.5 Å². The van der Waals surface area contributed by atoms with Crippen LogP contribution in [0.4, 0.5) is 0 Å². The van der Waals surface area contributed by atoms with E-state index in [4.69, 9.17) is 10.5 Å². The Morgan fingerprint density at radius 1 is 1.57 bits per heavy atom. The van der Waals surface area contributed by atoms with E-state index in [1.165, 1.54) is 5.01 Å². The summed E-state index contributed by atoms with van der Waals surface area (Å²) in [7, 11) is 1.68. The number of aryl methyl sites for hydroxylation is 1. The molecule has 2 N–H and O–H groups in total. The van der Waals surface area contributed by atoms with Gasteiger partial charge in [0.05, 0.1) is 17.3 Å². The Kier molecular flexibility index (Phi) is 4.51. The van der Waals surface area contributed by atoms with E-state index in [1.54, 1.807) is 18.4 Å². The molecule has 0 aliphatic heterocycles. The molecule has 1 rings (SSSR count). The smallest absolute Gasteiger partial charge is 0.0932 e. The van der Waals surface area contributed by atoms with Gasteiger partial charge in [0.1, 0.15) is 0 Å². The lowest BCUT2D eigenvalue weighted by molar-refractivity contribution is 0.181. The van der Waals surface area contributed by atoms with E-state index >= 15 is 0 Å². The van der Waals surface area contributed by atoms with E-state index in [0.717, 1.165) is 23.4 Å². The van der Waals surface area contributed by atoms with Crippen LogP contribution in [0.2, 0.25) is 0 Å². The zero-order valence-electron chi connectivity index (χ0n) is 9.04. The summed E-state index contributed by atoms with van der Waals surface area (Å²) in [6.07, 6.45) is 2.16. The van der Waals surface area contributed by atoms with Gasteiger partial charge in [-0.15, -0.1) is 11.3 Å². The molecule has 1 heterocycles. The Bertz CT molecular complexity index is 284. The summed E-state index contributed by atoms with van der Waals surface area (Å²) in [5.74, 6) is 0. The fraction of sp³-hybridized carbons (Fsp3) is 0.700. The summed E-state index contributed by atoms with van der Waals surface area (Å²) in [6, 6.07) is 0.0586. The molecule has 0 bridgehead atoms. The van der Waals surface area contributed by atoms with Crippen molar-refractivity contribution in [2.24, 2.45) is 5.73 Å². The molecule has 1 unspecified atom stereocenters. The van der Waals surface area contributed by atoms with Crippen molar-refractivity contribution in [1.82, 2.24) is 4.98 Å². The van der Waals surface area contributed by atoms with E-state index in [-0.39, 0.29) is 6.04 Å². The first-order valence-electron chi connectivity index (χ1n) is 4.92. The zero-order valence-corrected chi connectivity index (χ0v) is 9.86. The van der Waals surface area contributed by atoms with Gasteiger partial charge in [0.15, 0.2) is 0 Å². The Morgan fingerprint density at radius 3 is 2.79 bits per heavy atom. The molecule has 1 atom stereocenters. The molecule has 0 radical (unpaired) electrons. The summed E-state index contributed by atoms with van der Waals surface area (Å²) in [5, 5.41) is 1.17. The highest BCUT2D eigenvalue weighted by Crippen LogP contribution is 2.25. The standard InChI is InChI=1S/C10H18N2OS/c1-4-5-9-12-8(6-13-3)10(14-9)7(2)11/h7H,4-6,11H2,1-3H3. The molecule has 0 saturated heterocycles. The van der Waals surface area contributed by atoms with Gasteiger partial charge in [-0.25, -0.2) is 4.98 Å². The SMILES string of the molecule is CCCc1nc(COC)c(C(C)N)s1. The third-order valence-electron chi connectivity index (χ3n) is 1.93. The lowest BCUT2D eigenvalue weighted by Gasteiger charge is -2.03. The third kappa shape index (κ3) is 2.77. The summed E-state index contributed by atoms with van der Waals surface area (Å²) in [5.41, 5.74) is 6.88. The normalized spacial score (nSPS) is 13.1. The molecule has 1 aromatic rings. The van der Waals surface area contributed by atoms with Crippen LogP contribution in [0.3, 0.4) is 0 Å². The summed E-state index contributed by atoms with van der Waals surface area (Å²) in [6.45, 7) is 4.71. The monoisotopic (exact) mass is 214 g/mol. The van der Waals surface area contributed by atoms with Crippen molar-refractivity contribution >= 4 is 11.3 Å². The lowest BCUT2D eigenvalue weighted by Crippen LogP contribution is -2.06. The van der Waals surface area contributed by atoms with Gasteiger partial charge in [-0.2, -0.15) is 0 Å². The first kappa shape index (κ1) is 11.6. The number of aromatic nitrogens is 1. The number of hydrogen-bond donors (Lipinski definition) is 1. The topological polar surface area (TPSA) is 48.1 Å². The van der Waals surface area contributed by atoms with Crippen molar-refractivity contribution in [3.63, 3.8) is 0 Å². The minimum atomic E-state index is 0.0586. The van der Waals surface area contributed by atoms with Gasteiger partial charge in [-0.3, -0.25) is 0 Å². The predicted octanol–water partition coefficient (Wildman–Crippen LogP) is 2.26. The van der Waals surface area contributed by atoms with E-state index < -0.39 is 0 Å². The molecule has 14 heavy (non-hydrogen) atoms. The van der Waals surface area contributed by atoms with Crippen molar-refractivity contribution in [2.75, 3.05) is 7.11 Å². The second-order valence-electron chi connectivity index (χ2n) is 3.39. The lowest BCUT2D eigenvalue weighted by atomic mass is 10.2. The van der Waals surface area contributed by atoms with Crippen LogP contribution in [0.25, 0.3) is 0 Å². The Hall–Kier alpha value is -0.450. The molecular formula is C10H18N2OS. The van der Waals surface area contributed by atoms with Crippen molar-refractivity contribution < 1.29 is 4.74 Å². The van der Waals surface area contributed by atoms with Gasteiger partial charge in [0.25, 0.3) is 0 Å². The number of ether oxygens (including phenoxy) is 1. The van der Waals surface area contributed by atoms with Gasteiger partial charge in [0.2, 0.25) is 0 Å². The molecule has 80 valence electrons. The van der Waals surface area contributed by atoms with E-state index in [1.807, 2.05) is 6.92 Å². The molecule has 0 amide bonds. The summed E-state index contributed by atoms with van der Waals surface area (Å²) >= 11 is 1.72. The average molecular weight is 214 g/mol. The van der Waals surface area contributed by atoms with Crippen LogP contribution in [0.1, 0.15) is 41.9 Å². The first-order chi connectivity index (χ1) is 6.69. The fourth-order valence-electron chi connectivity index (χ4n) is 1.33. The zero-order chi connectivity index (χ0) is 10.6. The van der Waals surface area contributed by atoms with Crippen LogP contribution in [-0.2, 0) is 17.8 Å². The van der Waals surface area contributed by atoms with Crippen molar-refractivity contribution in [2.45, 2.75) is 39.3 Å². The number of nitrogens with two attached hydrogens (primary N) is 1. The first-order valence-corrected chi connectivity index (χ1v) is 5.73. The minimum Gasteiger partial charge on any atom is -0.378 e. The summed E-state index contributed by atoms with van der Waals surface area (Å²) < 4.78 is 5.10. The molecular weight excluding hydrogens is 196 g/mol. The van der Waals surface area contributed by atoms with Crippen LogP contribution in [-0.4, -0.2) is 12.1 Å². The predicted molar refractivity (Wildman–Crippen MR) is 59.4 cm³/mol. The Labute approximate surface area is 89.3 Å².